The van der Waals surface area contributed by atoms with Crippen molar-refractivity contribution in [2.24, 2.45) is 0 Å². The number of carbonyl (C=O) groups is 1. The third kappa shape index (κ3) is 4.26. The highest BCUT2D eigenvalue weighted by Crippen LogP contribution is 2.26. The van der Waals surface area contributed by atoms with E-state index in [9.17, 15) is 13.2 Å². The van der Waals surface area contributed by atoms with Crippen LogP contribution in [0.1, 0.15) is 42.2 Å². The molecule has 0 radical (unpaired) electrons. The molecule has 0 saturated carbocycles. The zero-order chi connectivity index (χ0) is 21.5. The molecule has 9 heteroatoms. The van der Waals surface area contributed by atoms with Crippen molar-refractivity contribution in [3.05, 3.63) is 46.7 Å². The van der Waals surface area contributed by atoms with Crippen LogP contribution in [0.15, 0.2) is 30.5 Å². The van der Waals surface area contributed by atoms with Crippen molar-refractivity contribution in [1.29, 1.82) is 0 Å². The second-order valence-electron chi connectivity index (χ2n) is 8.37. The van der Waals surface area contributed by atoms with Gasteiger partial charge in [-0.1, -0.05) is 25.4 Å². The number of aromatic nitrogens is 2. The predicted molar refractivity (Wildman–Crippen MR) is 117 cm³/mol. The fourth-order valence-electron chi connectivity index (χ4n) is 4.39. The van der Waals surface area contributed by atoms with Crippen LogP contribution in [-0.4, -0.2) is 77.6 Å². The fourth-order valence-corrected chi connectivity index (χ4v) is 6.28. The summed E-state index contributed by atoms with van der Waals surface area (Å²) in [4.78, 5) is 17.4. The lowest BCUT2D eigenvalue weighted by Crippen LogP contribution is -2.52. The van der Waals surface area contributed by atoms with E-state index in [-0.39, 0.29) is 29.4 Å². The summed E-state index contributed by atoms with van der Waals surface area (Å²) in [5.41, 5.74) is 2.37. The molecule has 4 rings (SSSR count). The van der Waals surface area contributed by atoms with Crippen molar-refractivity contribution in [3.8, 4) is 5.69 Å². The molecule has 0 spiro atoms. The van der Waals surface area contributed by atoms with Crippen LogP contribution >= 0.6 is 11.6 Å². The van der Waals surface area contributed by atoms with Gasteiger partial charge in [-0.05, 0) is 36.6 Å². The Hall–Kier alpha value is -1.90. The number of benzene rings is 1. The van der Waals surface area contributed by atoms with E-state index in [0.29, 0.717) is 43.2 Å². The fraction of sp³-hybridized carbons (Fsp3) is 0.524. The average molecular weight is 451 g/mol. The minimum atomic E-state index is -2.90. The summed E-state index contributed by atoms with van der Waals surface area (Å²) in [5.74, 6) is 0.620. The lowest BCUT2D eigenvalue weighted by molar-refractivity contribution is 0.0586. The van der Waals surface area contributed by atoms with Gasteiger partial charge in [-0.3, -0.25) is 9.69 Å². The second-order valence-corrected chi connectivity index (χ2v) is 11.0. The van der Waals surface area contributed by atoms with Gasteiger partial charge in [0.1, 0.15) is 0 Å². The molecule has 2 aliphatic rings. The molecule has 30 heavy (non-hydrogen) atoms. The van der Waals surface area contributed by atoms with E-state index in [4.69, 9.17) is 11.6 Å². The van der Waals surface area contributed by atoms with Gasteiger partial charge >= 0.3 is 0 Å². The molecule has 0 bridgehead atoms. The topological polar surface area (TPSA) is 75.5 Å². The number of rotatable bonds is 4. The summed E-state index contributed by atoms with van der Waals surface area (Å²) < 4.78 is 25.4. The summed E-state index contributed by atoms with van der Waals surface area (Å²) in [5, 5.41) is 5.15. The minimum absolute atomic E-state index is 0.0161. The van der Waals surface area contributed by atoms with Crippen molar-refractivity contribution < 1.29 is 13.2 Å². The first kappa shape index (κ1) is 21.3. The Morgan fingerprint density at radius 3 is 2.37 bits per heavy atom. The van der Waals surface area contributed by atoms with Crippen molar-refractivity contribution in [2.75, 3.05) is 37.7 Å². The van der Waals surface area contributed by atoms with Gasteiger partial charge in [0.15, 0.2) is 9.84 Å². The predicted octanol–water partition coefficient (Wildman–Crippen LogP) is 2.59. The van der Waals surface area contributed by atoms with Gasteiger partial charge in [-0.2, -0.15) is 5.10 Å². The van der Waals surface area contributed by atoms with E-state index in [0.717, 1.165) is 11.4 Å². The Morgan fingerprint density at radius 1 is 1.13 bits per heavy atom. The molecule has 3 heterocycles. The maximum Gasteiger partial charge on any atom is 0.257 e. The van der Waals surface area contributed by atoms with Crippen molar-refractivity contribution >= 4 is 27.3 Å². The van der Waals surface area contributed by atoms with Crippen LogP contribution in [0.5, 0.6) is 0 Å². The summed E-state index contributed by atoms with van der Waals surface area (Å²) in [6.45, 7) is 6.71. The van der Waals surface area contributed by atoms with Crippen LogP contribution in [0, 0.1) is 0 Å². The molecule has 1 aromatic carbocycles. The zero-order valence-corrected chi connectivity index (χ0v) is 18.9. The van der Waals surface area contributed by atoms with E-state index < -0.39 is 9.84 Å². The largest absolute Gasteiger partial charge is 0.336 e. The molecular weight excluding hydrogens is 424 g/mol. The summed E-state index contributed by atoms with van der Waals surface area (Å²) in [6.07, 6.45) is 2.35. The lowest BCUT2D eigenvalue weighted by Gasteiger charge is -2.37. The van der Waals surface area contributed by atoms with Gasteiger partial charge in [0.25, 0.3) is 5.91 Å². The Morgan fingerprint density at radius 2 is 1.80 bits per heavy atom. The third-order valence-corrected chi connectivity index (χ3v) is 7.98. The van der Waals surface area contributed by atoms with E-state index in [1.807, 2.05) is 33.8 Å². The van der Waals surface area contributed by atoms with Crippen LogP contribution in [-0.2, 0) is 9.84 Å². The molecule has 0 N–H and O–H groups in total. The van der Waals surface area contributed by atoms with Crippen LogP contribution in [0.25, 0.3) is 5.69 Å². The van der Waals surface area contributed by atoms with E-state index >= 15 is 0 Å². The first-order chi connectivity index (χ1) is 14.2. The monoisotopic (exact) mass is 450 g/mol. The Labute approximate surface area is 182 Å². The van der Waals surface area contributed by atoms with Crippen LogP contribution in [0.3, 0.4) is 0 Å². The van der Waals surface area contributed by atoms with Crippen molar-refractivity contribution in [1.82, 2.24) is 19.6 Å². The quantitative estimate of drug-likeness (QED) is 0.715. The van der Waals surface area contributed by atoms with E-state index in [1.54, 1.807) is 6.20 Å². The highest BCUT2D eigenvalue weighted by atomic mass is 35.5. The van der Waals surface area contributed by atoms with Crippen LogP contribution < -0.4 is 0 Å². The highest BCUT2D eigenvalue weighted by molar-refractivity contribution is 7.91. The first-order valence-electron chi connectivity index (χ1n) is 10.3. The number of carbonyl (C=O) groups excluding carboxylic acids is 1. The van der Waals surface area contributed by atoms with Gasteiger partial charge in [-0.25, -0.2) is 13.1 Å². The first-order valence-corrected chi connectivity index (χ1v) is 12.5. The van der Waals surface area contributed by atoms with E-state index in [1.165, 1.54) is 0 Å². The summed E-state index contributed by atoms with van der Waals surface area (Å²) in [7, 11) is -2.90. The molecular formula is C21H27ClN4O3S. The number of nitrogens with zero attached hydrogens (tertiary/aromatic N) is 4. The van der Waals surface area contributed by atoms with Gasteiger partial charge in [-0.15, -0.1) is 0 Å². The molecule has 2 aromatic rings. The number of hydrogen-bond donors (Lipinski definition) is 0. The van der Waals surface area contributed by atoms with Crippen molar-refractivity contribution in [3.63, 3.8) is 0 Å². The zero-order valence-electron chi connectivity index (χ0n) is 17.3. The van der Waals surface area contributed by atoms with Gasteiger partial charge < -0.3 is 4.90 Å². The molecule has 1 aromatic heterocycles. The van der Waals surface area contributed by atoms with Gasteiger partial charge in [0, 0.05) is 37.2 Å². The standard InChI is InChI=1S/C21H27ClN4O3S/c1-15(2)20-19(13-23-26(20)17-5-3-16(22)4-6-17)21(27)25-10-8-24(9-11-25)18-7-12-30(28,29)14-18/h3-6,13,15,18H,7-12,14H2,1-2H3. The highest BCUT2D eigenvalue weighted by Gasteiger charge is 2.35. The Balaban J connectivity index is 1.49. The molecule has 1 unspecified atom stereocenters. The molecule has 2 aliphatic heterocycles. The average Bonchev–Trinajstić information content (AvgIpc) is 3.32. The molecule has 1 atom stereocenters. The summed E-state index contributed by atoms with van der Waals surface area (Å²) >= 11 is 6.01. The molecule has 7 nitrogen and oxygen atoms in total. The number of hydrogen-bond acceptors (Lipinski definition) is 5. The molecule has 162 valence electrons. The molecule has 0 aliphatic carbocycles. The summed E-state index contributed by atoms with van der Waals surface area (Å²) in [6, 6.07) is 7.50. The third-order valence-electron chi connectivity index (χ3n) is 5.98. The molecule has 2 fully saturated rings. The van der Waals surface area contributed by atoms with Crippen LogP contribution in [0.4, 0.5) is 0 Å². The Bertz CT molecular complexity index is 1030. The number of halogens is 1. The minimum Gasteiger partial charge on any atom is -0.336 e. The molecule has 1 amide bonds. The van der Waals surface area contributed by atoms with Gasteiger partial charge in [0.2, 0.25) is 0 Å². The second kappa shape index (κ2) is 8.32. The smallest absolute Gasteiger partial charge is 0.257 e. The maximum absolute atomic E-state index is 13.3. The van der Waals surface area contributed by atoms with Crippen molar-refractivity contribution in [2.45, 2.75) is 32.2 Å². The number of amides is 1. The van der Waals surface area contributed by atoms with Gasteiger partial charge in [0.05, 0.1) is 34.6 Å². The Kier molecular flexibility index (Phi) is 5.92. The number of piperazine rings is 1. The molecule has 2 saturated heterocycles. The lowest BCUT2D eigenvalue weighted by atomic mass is 10.0. The maximum atomic E-state index is 13.3. The van der Waals surface area contributed by atoms with Crippen LogP contribution in [0.2, 0.25) is 5.02 Å². The van der Waals surface area contributed by atoms with E-state index in [2.05, 4.69) is 23.8 Å². The normalized spacial score (nSPS) is 22.0. The number of sulfone groups is 1. The SMILES string of the molecule is CC(C)c1c(C(=O)N2CCN(C3CCS(=O)(=O)C3)CC2)cnn1-c1ccc(Cl)cc1.